The van der Waals surface area contributed by atoms with Crippen LogP contribution in [-0.2, 0) is 0 Å². The molecule has 20 heavy (non-hydrogen) atoms. The second-order valence-electron chi connectivity index (χ2n) is 3.79. The molecule has 0 aliphatic heterocycles. The molecule has 1 N–H and O–H groups in total. The Morgan fingerprint density at radius 2 is 2.15 bits per heavy atom. The van der Waals surface area contributed by atoms with Crippen molar-refractivity contribution in [3.8, 4) is 17.6 Å². The third-order valence-corrected chi connectivity index (χ3v) is 4.24. The molecule has 2 rings (SSSR count). The van der Waals surface area contributed by atoms with Gasteiger partial charge in [0, 0.05) is 29.3 Å². The van der Waals surface area contributed by atoms with Gasteiger partial charge in [-0.05, 0) is 24.3 Å². The molecule has 0 amide bonds. The molecule has 0 atom stereocenters. The van der Waals surface area contributed by atoms with Gasteiger partial charge in [0.15, 0.2) is 0 Å². The van der Waals surface area contributed by atoms with Crippen LogP contribution in [0.2, 0.25) is 0 Å². The molecule has 5 heteroatoms. The first kappa shape index (κ1) is 14.9. The first-order valence-corrected chi connectivity index (χ1v) is 8.10. The largest absolute Gasteiger partial charge is 0.493 e. The number of rotatable bonds is 6. The second-order valence-corrected chi connectivity index (χ2v) is 6.03. The van der Waals surface area contributed by atoms with Crippen molar-refractivity contribution in [1.29, 1.82) is 0 Å². The van der Waals surface area contributed by atoms with Crippen LogP contribution >= 0.6 is 23.1 Å². The molecule has 0 spiro atoms. The fourth-order valence-electron chi connectivity index (χ4n) is 1.43. The van der Waals surface area contributed by atoms with E-state index in [4.69, 9.17) is 9.84 Å². The predicted octanol–water partition coefficient (Wildman–Crippen LogP) is 3.05. The number of thioether (sulfide) groups is 1. The summed E-state index contributed by atoms with van der Waals surface area (Å²) >= 11 is 3.34. The van der Waals surface area contributed by atoms with Gasteiger partial charge in [0.25, 0.3) is 0 Å². The number of ether oxygens (including phenoxy) is 1. The Morgan fingerprint density at radius 3 is 2.85 bits per heavy atom. The lowest BCUT2D eigenvalue weighted by Gasteiger charge is -2.04. The molecule has 0 unspecified atom stereocenters. The molecular formula is C15H15NO2S2. The van der Waals surface area contributed by atoms with Crippen molar-refractivity contribution in [2.75, 3.05) is 19.0 Å². The summed E-state index contributed by atoms with van der Waals surface area (Å²) in [6.45, 7) is 0.755. The number of thiazole rings is 1. The standard InChI is InChI=1S/C15H15NO2S2/c17-9-2-1-3-13-4-6-14(7-5-13)18-10-12-20-15-16-8-11-19-15/h4-8,11,17H,2,9-10,12H2. The fourth-order valence-corrected chi connectivity index (χ4v) is 2.95. The molecular weight excluding hydrogens is 290 g/mol. The smallest absolute Gasteiger partial charge is 0.149 e. The van der Waals surface area contributed by atoms with Crippen LogP contribution < -0.4 is 4.74 Å². The normalized spacial score (nSPS) is 9.85. The number of aromatic nitrogens is 1. The zero-order valence-corrected chi connectivity index (χ0v) is 12.5. The van der Waals surface area contributed by atoms with Crippen molar-refractivity contribution in [2.24, 2.45) is 0 Å². The van der Waals surface area contributed by atoms with Crippen LogP contribution in [0.25, 0.3) is 0 Å². The average molecular weight is 305 g/mol. The lowest BCUT2D eigenvalue weighted by molar-refractivity contribution is 0.305. The number of hydrogen-bond donors (Lipinski definition) is 1. The van der Waals surface area contributed by atoms with Crippen molar-refractivity contribution < 1.29 is 9.84 Å². The van der Waals surface area contributed by atoms with Crippen LogP contribution in [0.1, 0.15) is 12.0 Å². The summed E-state index contributed by atoms with van der Waals surface area (Å²) in [7, 11) is 0. The van der Waals surface area contributed by atoms with Gasteiger partial charge in [0.2, 0.25) is 0 Å². The Morgan fingerprint density at radius 1 is 1.30 bits per heavy atom. The minimum absolute atomic E-state index is 0.102. The molecule has 0 aliphatic carbocycles. The molecule has 0 radical (unpaired) electrons. The molecule has 2 aromatic rings. The number of hydrogen-bond acceptors (Lipinski definition) is 5. The number of aliphatic hydroxyl groups is 1. The first-order chi connectivity index (χ1) is 9.88. The van der Waals surface area contributed by atoms with Crippen LogP contribution in [0.4, 0.5) is 0 Å². The molecule has 1 heterocycles. The number of benzene rings is 1. The van der Waals surface area contributed by atoms with Gasteiger partial charge in [0.1, 0.15) is 10.1 Å². The van der Waals surface area contributed by atoms with E-state index >= 15 is 0 Å². The molecule has 3 nitrogen and oxygen atoms in total. The monoisotopic (exact) mass is 305 g/mol. The van der Waals surface area contributed by atoms with Gasteiger partial charge >= 0.3 is 0 Å². The summed E-state index contributed by atoms with van der Waals surface area (Å²) in [6, 6.07) is 7.68. The lowest BCUT2D eigenvalue weighted by atomic mass is 10.2. The first-order valence-electron chi connectivity index (χ1n) is 6.23. The Balaban J connectivity index is 1.72. The zero-order chi connectivity index (χ0) is 14.0. The van der Waals surface area contributed by atoms with E-state index in [0.29, 0.717) is 13.0 Å². The van der Waals surface area contributed by atoms with Crippen LogP contribution in [0.3, 0.4) is 0 Å². The van der Waals surface area contributed by atoms with Crippen LogP contribution in [-0.4, -0.2) is 29.1 Å². The average Bonchev–Trinajstić information content (AvgIpc) is 2.99. The Bertz CT molecular complexity index is 556. The predicted molar refractivity (Wildman–Crippen MR) is 83.4 cm³/mol. The minimum Gasteiger partial charge on any atom is -0.493 e. The van der Waals surface area contributed by atoms with Crippen molar-refractivity contribution in [3.63, 3.8) is 0 Å². The maximum atomic E-state index is 8.65. The highest BCUT2D eigenvalue weighted by Crippen LogP contribution is 2.20. The van der Waals surface area contributed by atoms with Gasteiger partial charge in [-0.1, -0.05) is 23.6 Å². The van der Waals surface area contributed by atoms with E-state index in [1.807, 2.05) is 35.8 Å². The number of nitrogens with zero attached hydrogens (tertiary/aromatic N) is 1. The second kappa shape index (κ2) is 8.64. The van der Waals surface area contributed by atoms with E-state index in [0.717, 1.165) is 21.4 Å². The highest BCUT2D eigenvalue weighted by molar-refractivity contribution is 8.01. The zero-order valence-electron chi connectivity index (χ0n) is 10.9. The molecule has 0 fully saturated rings. The van der Waals surface area contributed by atoms with E-state index < -0.39 is 0 Å². The van der Waals surface area contributed by atoms with Crippen LogP contribution in [0.15, 0.2) is 40.2 Å². The van der Waals surface area contributed by atoms with Gasteiger partial charge in [-0.2, -0.15) is 0 Å². The van der Waals surface area contributed by atoms with Gasteiger partial charge in [-0.15, -0.1) is 11.3 Å². The molecule has 0 saturated carbocycles. The van der Waals surface area contributed by atoms with Gasteiger partial charge < -0.3 is 9.84 Å². The van der Waals surface area contributed by atoms with E-state index in [2.05, 4.69) is 16.8 Å². The molecule has 1 aromatic heterocycles. The highest BCUT2D eigenvalue weighted by atomic mass is 32.2. The van der Waals surface area contributed by atoms with Crippen molar-refractivity contribution in [2.45, 2.75) is 10.8 Å². The van der Waals surface area contributed by atoms with Gasteiger partial charge in [0.05, 0.1) is 13.2 Å². The van der Waals surface area contributed by atoms with E-state index in [-0.39, 0.29) is 6.61 Å². The lowest BCUT2D eigenvalue weighted by Crippen LogP contribution is -1.99. The molecule has 0 bridgehead atoms. The van der Waals surface area contributed by atoms with E-state index in [9.17, 15) is 0 Å². The summed E-state index contributed by atoms with van der Waals surface area (Å²) in [5.41, 5.74) is 0.933. The summed E-state index contributed by atoms with van der Waals surface area (Å²) in [6.07, 6.45) is 2.32. The van der Waals surface area contributed by atoms with Crippen LogP contribution in [0.5, 0.6) is 5.75 Å². The van der Waals surface area contributed by atoms with E-state index in [1.165, 1.54) is 0 Å². The van der Waals surface area contributed by atoms with Crippen molar-refractivity contribution in [3.05, 3.63) is 41.4 Å². The topological polar surface area (TPSA) is 42.4 Å². The molecule has 0 saturated heterocycles. The van der Waals surface area contributed by atoms with E-state index in [1.54, 1.807) is 23.1 Å². The maximum Gasteiger partial charge on any atom is 0.149 e. The van der Waals surface area contributed by atoms with Gasteiger partial charge in [-0.25, -0.2) is 4.98 Å². The summed E-state index contributed by atoms with van der Waals surface area (Å²) in [5.74, 6) is 7.60. The van der Waals surface area contributed by atoms with Gasteiger partial charge in [-0.3, -0.25) is 0 Å². The fraction of sp³-hybridized carbons (Fsp3) is 0.267. The number of aliphatic hydroxyl groups excluding tert-OH is 1. The highest BCUT2D eigenvalue weighted by Gasteiger charge is 1.97. The Labute approximate surface area is 127 Å². The molecule has 1 aromatic carbocycles. The third kappa shape index (κ3) is 5.25. The summed E-state index contributed by atoms with van der Waals surface area (Å²) in [4.78, 5) is 4.20. The third-order valence-electron chi connectivity index (χ3n) is 2.31. The van der Waals surface area contributed by atoms with Crippen LogP contribution in [0, 0.1) is 11.8 Å². The quantitative estimate of drug-likeness (QED) is 0.506. The van der Waals surface area contributed by atoms with Crippen molar-refractivity contribution >= 4 is 23.1 Å². The molecule has 104 valence electrons. The SMILES string of the molecule is OCCC#Cc1ccc(OCCSc2nccs2)cc1. The maximum absolute atomic E-state index is 8.65. The summed E-state index contributed by atoms with van der Waals surface area (Å²) in [5, 5.41) is 10.6. The molecule has 0 aliphatic rings. The Hall–Kier alpha value is -1.48. The Kier molecular flexibility index (Phi) is 6.45. The summed E-state index contributed by atoms with van der Waals surface area (Å²) < 4.78 is 6.73. The van der Waals surface area contributed by atoms with Crippen molar-refractivity contribution in [1.82, 2.24) is 4.98 Å². The minimum atomic E-state index is 0.102.